The molecule has 0 amide bonds. The van der Waals surface area contributed by atoms with Crippen molar-refractivity contribution < 1.29 is 9.47 Å². The minimum atomic E-state index is 0.394. The molecule has 0 radical (unpaired) electrons. The third-order valence-corrected chi connectivity index (χ3v) is 4.13. The van der Waals surface area contributed by atoms with Crippen LogP contribution in [-0.2, 0) is 0 Å². The van der Waals surface area contributed by atoms with Gasteiger partial charge in [0.15, 0.2) is 11.5 Å². The van der Waals surface area contributed by atoms with Crippen LogP contribution in [0.5, 0.6) is 11.5 Å². The van der Waals surface area contributed by atoms with E-state index in [-0.39, 0.29) is 0 Å². The average Bonchev–Trinajstić information content (AvgIpc) is 2.65. The zero-order chi connectivity index (χ0) is 13.2. The van der Waals surface area contributed by atoms with E-state index in [9.17, 15) is 0 Å². The molecule has 1 fully saturated rings. The Labute approximate surface area is 114 Å². The van der Waals surface area contributed by atoms with Crippen LogP contribution in [-0.4, -0.2) is 38.3 Å². The summed E-state index contributed by atoms with van der Waals surface area (Å²) < 4.78 is 11.7. The highest BCUT2D eigenvalue weighted by Gasteiger charge is 2.32. The molecule has 2 N–H and O–H groups in total. The summed E-state index contributed by atoms with van der Waals surface area (Å²) in [7, 11) is 2.16. The smallest absolute Gasteiger partial charge is 0.165 e. The molecule has 19 heavy (non-hydrogen) atoms. The Morgan fingerprint density at radius 3 is 2.95 bits per heavy atom. The maximum absolute atomic E-state index is 5.93. The lowest BCUT2D eigenvalue weighted by atomic mass is 9.99. The molecule has 4 heteroatoms. The lowest BCUT2D eigenvalue weighted by Crippen LogP contribution is -2.21. The quantitative estimate of drug-likeness (QED) is 0.883. The fourth-order valence-corrected chi connectivity index (χ4v) is 3.12. The second kappa shape index (κ2) is 5.39. The molecule has 2 aliphatic heterocycles. The summed E-state index contributed by atoms with van der Waals surface area (Å²) in [5.41, 5.74) is 7.06. The second-order valence-electron chi connectivity index (χ2n) is 5.52. The number of likely N-dealkylation sites (tertiary alicyclic amines) is 1. The van der Waals surface area contributed by atoms with Crippen molar-refractivity contribution in [1.29, 1.82) is 0 Å². The SMILES string of the molecule is CN1CC(CN)CC1c1cccc2c1OCCCO2. The van der Waals surface area contributed by atoms with Gasteiger partial charge in [0.25, 0.3) is 0 Å². The summed E-state index contributed by atoms with van der Waals surface area (Å²) in [5, 5.41) is 0. The molecule has 0 aliphatic carbocycles. The summed E-state index contributed by atoms with van der Waals surface area (Å²) in [4.78, 5) is 2.38. The number of hydrogen-bond acceptors (Lipinski definition) is 4. The van der Waals surface area contributed by atoms with E-state index in [1.165, 1.54) is 5.56 Å². The van der Waals surface area contributed by atoms with Crippen molar-refractivity contribution in [3.05, 3.63) is 23.8 Å². The zero-order valence-electron chi connectivity index (χ0n) is 11.5. The molecule has 3 rings (SSSR count). The fourth-order valence-electron chi connectivity index (χ4n) is 3.12. The zero-order valence-corrected chi connectivity index (χ0v) is 11.5. The van der Waals surface area contributed by atoms with Gasteiger partial charge in [0.05, 0.1) is 13.2 Å². The minimum absolute atomic E-state index is 0.394. The van der Waals surface area contributed by atoms with Gasteiger partial charge in [-0.05, 0) is 32.0 Å². The third-order valence-electron chi connectivity index (χ3n) is 4.13. The van der Waals surface area contributed by atoms with Crippen molar-refractivity contribution in [2.45, 2.75) is 18.9 Å². The normalized spacial score (nSPS) is 27.3. The Bertz CT molecular complexity index is 450. The summed E-state index contributed by atoms with van der Waals surface area (Å²) in [6, 6.07) is 6.62. The molecule has 1 saturated heterocycles. The van der Waals surface area contributed by atoms with Crippen LogP contribution in [0.2, 0.25) is 0 Å². The van der Waals surface area contributed by atoms with Crippen LogP contribution < -0.4 is 15.2 Å². The van der Waals surface area contributed by atoms with E-state index in [4.69, 9.17) is 15.2 Å². The van der Waals surface area contributed by atoms with E-state index in [0.717, 1.165) is 50.6 Å². The molecular weight excluding hydrogens is 240 g/mol. The second-order valence-corrected chi connectivity index (χ2v) is 5.52. The van der Waals surface area contributed by atoms with Gasteiger partial charge in [-0.25, -0.2) is 0 Å². The predicted molar refractivity (Wildman–Crippen MR) is 74.6 cm³/mol. The number of benzene rings is 1. The molecule has 0 spiro atoms. The number of nitrogens with two attached hydrogens (primary N) is 1. The van der Waals surface area contributed by atoms with Gasteiger partial charge in [0, 0.05) is 24.6 Å². The van der Waals surface area contributed by atoms with E-state index in [2.05, 4.69) is 24.1 Å². The van der Waals surface area contributed by atoms with Crippen molar-refractivity contribution in [1.82, 2.24) is 4.90 Å². The average molecular weight is 262 g/mol. The molecule has 4 nitrogen and oxygen atoms in total. The number of para-hydroxylation sites is 1. The van der Waals surface area contributed by atoms with Gasteiger partial charge in [-0.1, -0.05) is 12.1 Å². The van der Waals surface area contributed by atoms with E-state index in [1.807, 2.05) is 6.07 Å². The van der Waals surface area contributed by atoms with Crippen molar-refractivity contribution in [3.8, 4) is 11.5 Å². The van der Waals surface area contributed by atoms with Gasteiger partial charge in [-0.3, -0.25) is 4.90 Å². The van der Waals surface area contributed by atoms with Crippen LogP contribution in [0.15, 0.2) is 18.2 Å². The van der Waals surface area contributed by atoms with E-state index < -0.39 is 0 Å². The van der Waals surface area contributed by atoms with Crippen LogP contribution in [0, 0.1) is 5.92 Å². The van der Waals surface area contributed by atoms with Crippen molar-refractivity contribution in [2.75, 3.05) is 33.4 Å². The Kier molecular flexibility index (Phi) is 3.62. The number of fused-ring (bicyclic) bond motifs is 1. The molecular formula is C15H22N2O2. The summed E-state index contributed by atoms with van der Waals surface area (Å²) in [5.74, 6) is 2.41. The Morgan fingerprint density at radius 2 is 2.16 bits per heavy atom. The first-order valence-corrected chi connectivity index (χ1v) is 7.08. The molecule has 2 atom stereocenters. The van der Waals surface area contributed by atoms with E-state index in [1.54, 1.807) is 0 Å². The first-order valence-electron chi connectivity index (χ1n) is 7.08. The van der Waals surface area contributed by atoms with Gasteiger partial charge >= 0.3 is 0 Å². The molecule has 2 aliphatic rings. The third kappa shape index (κ3) is 2.42. The van der Waals surface area contributed by atoms with E-state index in [0.29, 0.717) is 12.0 Å². The summed E-state index contributed by atoms with van der Waals surface area (Å²) in [6.45, 7) is 3.29. The topological polar surface area (TPSA) is 47.7 Å². The Balaban J connectivity index is 1.92. The number of hydrogen-bond donors (Lipinski definition) is 1. The highest BCUT2D eigenvalue weighted by molar-refractivity contribution is 5.48. The molecule has 0 bridgehead atoms. The largest absolute Gasteiger partial charge is 0.490 e. The first kappa shape index (κ1) is 12.8. The number of ether oxygens (including phenoxy) is 2. The van der Waals surface area contributed by atoms with Crippen molar-refractivity contribution in [3.63, 3.8) is 0 Å². The van der Waals surface area contributed by atoms with Gasteiger partial charge in [0.1, 0.15) is 0 Å². The van der Waals surface area contributed by atoms with Gasteiger partial charge in [-0.15, -0.1) is 0 Å². The molecule has 1 aromatic carbocycles. The van der Waals surface area contributed by atoms with Gasteiger partial charge < -0.3 is 15.2 Å². The molecule has 1 aromatic rings. The highest BCUT2D eigenvalue weighted by Crippen LogP contribution is 2.43. The fraction of sp³-hybridized carbons (Fsp3) is 0.600. The van der Waals surface area contributed by atoms with Gasteiger partial charge in [-0.2, -0.15) is 0 Å². The van der Waals surface area contributed by atoms with Crippen LogP contribution in [0.25, 0.3) is 0 Å². The van der Waals surface area contributed by atoms with Crippen LogP contribution in [0.3, 0.4) is 0 Å². The molecule has 0 saturated carbocycles. The molecule has 2 unspecified atom stereocenters. The Hall–Kier alpha value is -1.26. The van der Waals surface area contributed by atoms with Crippen LogP contribution >= 0.6 is 0 Å². The molecule has 104 valence electrons. The highest BCUT2D eigenvalue weighted by atomic mass is 16.5. The summed E-state index contributed by atoms with van der Waals surface area (Å²) in [6.07, 6.45) is 2.05. The van der Waals surface area contributed by atoms with Crippen LogP contribution in [0.1, 0.15) is 24.4 Å². The number of rotatable bonds is 2. The maximum atomic E-state index is 5.93. The minimum Gasteiger partial charge on any atom is -0.490 e. The lowest BCUT2D eigenvalue weighted by Gasteiger charge is -2.22. The predicted octanol–water partition coefficient (Wildman–Crippen LogP) is 1.80. The van der Waals surface area contributed by atoms with Gasteiger partial charge in [0.2, 0.25) is 0 Å². The first-order chi connectivity index (χ1) is 9.29. The maximum Gasteiger partial charge on any atom is 0.165 e. The lowest BCUT2D eigenvalue weighted by molar-refractivity contribution is 0.282. The standard InChI is InChI=1S/C15H22N2O2/c1-17-10-11(9-16)8-13(17)12-4-2-5-14-15(12)19-7-3-6-18-14/h2,4-5,11,13H,3,6-10,16H2,1H3. The Morgan fingerprint density at radius 1 is 1.32 bits per heavy atom. The number of nitrogens with zero attached hydrogens (tertiary/aromatic N) is 1. The van der Waals surface area contributed by atoms with Crippen LogP contribution in [0.4, 0.5) is 0 Å². The van der Waals surface area contributed by atoms with Crippen molar-refractivity contribution in [2.24, 2.45) is 11.7 Å². The van der Waals surface area contributed by atoms with E-state index >= 15 is 0 Å². The summed E-state index contributed by atoms with van der Waals surface area (Å²) >= 11 is 0. The molecule has 0 aromatic heterocycles. The monoisotopic (exact) mass is 262 g/mol. The molecule has 2 heterocycles. The van der Waals surface area contributed by atoms with Crippen molar-refractivity contribution >= 4 is 0 Å².